The molecule has 0 amide bonds. The van der Waals surface area contributed by atoms with Crippen molar-refractivity contribution in [2.24, 2.45) is 5.84 Å². The van der Waals surface area contributed by atoms with E-state index in [4.69, 9.17) is 5.84 Å². The van der Waals surface area contributed by atoms with E-state index in [0.717, 1.165) is 66.9 Å². The van der Waals surface area contributed by atoms with Crippen LogP contribution in [0.25, 0.3) is 0 Å². The SMILES string of the molecule is CC(C)(C)c1cc(Cc2ccc(NN)c(Cc3cc(C(C)(C)C)cc(C(C)(C)C)c3O)c2Cc2cc(C(C)(C)C)cc(C(C)(C)C)c2O)c(O)c(C(C)(C)C)c1. The first-order valence-corrected chi connectivity index (χ1v) is 20.5. The van der Waals surface area contributed by atoms with Gasteiger partial charge >= 0.3 is 0 Å². The average molecular weight is 763 g/mol. The largest absolute Gasteiger partial charge is 0.507 e. The molecule has 0 aromatic heterocycles. The van der Waals surface area contributed by atoms with Crippen LogP contribution in [0.5, 0.6) is 17.2 Å². The number of hydrogen-bond donors (Lipinski definition) is 5. The van der Waals surface area contributed by atoms with Crippen LogP contribution in [0.15, 0.2) is 48.5 Å². The molecular formula is C51H74N2O3. The molecule has 56 heavy (non-hydrogen) atoms. The van der Waals surface area contributed by atoms with Crippen molar-refractivity contribution in [1.82, 2.24) is 0 Å². The minimum absolute atomic E-state index is 0.132. The summed E-state index contributed by atoms with van der Waals surface area (Å²) in [5, 5.41) is 36.2. The maximum Gasteiger partial charge on any atom is 0.122 e. The molecule has 4 aromatic carbocycles. The molecule has 4 aromatic rings. The van der Waals surface area contributed by atoms with Crippen LogP contribution in [0.4, 0.5) is 5.69 Å². The Morgan fingerprint density at radius 1 is 0.393 bits per heavy atom. The van der Waals surface area contributed by atoms with Gasteiger partial charge in [0.1, 0.15) is 17.2 Å². The van der Waals surface area contributed by atoms with E-state index in [1.54, 1.807) is 0 Å². The van der Waals surface area contributed by atoms with Gasteiger partial charge in [0.2, 0.25) is 0 Å². The van der Waals surface area contributed by atoms with E-state index in [1.807, 2.05) is 6.07 Å². The molecule has 0 aliphatic carbocycles. The van der Waals surface area contributed by atoms with Crippen molar-refractivity contribution >= 4 is 5.69 Å². The summed E-state index contributed by atoms with van der Waals surface area (Å²) < 4.78 is 0. The van der Waals surface area contributed by atoms with Gasteiger partial charge in [-0.2, -0.15) is 0 Å². The van der Waals surface area contributed by atoms with Gasteiger partial charge in [-0.15, -0.1) is 0 Å². The van der Waals surface area contributed by atoms with E-state index in [1.165, 1.54) is 5.56 Å². The third kappa shape index (κ3) is 9.76. The summed E-state index contributed by atoms with van der Waals surface area (Å²) >= 11 is 0. The molecular weight excluding hydrogens is 689 g/mol. The number of phenolic OH excluding ortho intramolecular Hbond substituents is 3. The molecule has 306 valence electrons. The van der Waals surface area contributed by atoms with Gasteiger partial charge in [-0.3, -0.25) is 5.84 Å². The summed E-state index contributed by atoms with van der Waals surface area (Å²) in [6.45, 7) is 39.1. The number of anilines is 1. The van der Waals surface area contributed by atoms with Gasteiger partial charge in [0.25, 0.3) is 0 Å². The fourth-order valence-corrected chi connectivity index (χ4v) is 7.55. The first-order chi connectivity index (χ1) is 25.2. The molecule has 6 N–H and O–H groups in total. The third-order valence-electron chi connectivity index (χ3n) is 11.4. The van der Waals surface area contributed by atoms with Crippen LogP contribution in [0.2, 0.25) is 0 Å². The van der Waals surface area contributed by atoms with Gasteiger partial charge in [-0.1, -0.05) is 167 Å². The van der Waals surface area contributed by atoms with Crippen molar-refractivity contribution in [2.75, 3.05) is 5.43 Å². The highest BCUT2D eigenvalue weighted by Gasteiger charge is 2.30. The molecule has 0 fully saturated rings. The number of rotatable bonds is 7. The zero-order valence-electron chi connectivity index (χ0n) is 38.2. The minimum Gasteiger partial charge on any atom is -0.507 e. The molecule has 5 heteroatoms. The second kappa shape index (κ2) is 15.1. The predicted molar refractivity (Wildman–Crippen MR) is 239 cm³/mol. The highest BCUT2D eigenvalue weighted by Crippen LogP contribution is 2.44. The summed E-state index contributed by atoms with van der Waals surface area (Å²) in [6, 6.07) is 17.1. The number of hydrogen-bond acceptors (Lipinski definition) is 5. The number of hydrazine groups is 1. The average Bonchev–Trinajstić information content (AvgIpc) is 3.01. The van der Waals surface area contributed by atoms with Crippen molar-refractivity contribution in [3.8, 4) is 17.2 Å². The lowest BCUT2D eigenvalue weighted by atomic mass is 9.76. The van der Waals surface area contributed by atoms with Gasteiger partial charge in [-0.25, -0.2) is 0 Å². The fraction of sp³-hybridized carbons (Fsp3) is 0.529. The Bertz CT molecular complexity index is 2080. The van der Waals surface area contributed by atoms with Crippen LogP contribution in [0.3, 0.4) is 0 Å². The molecule has 5 nitrogen and oxygen atoms in total. The van der Waals surface area contributed by atoms with E-state index >= 15 is 0 Å². The van der Waals surface area contributed by atoms with Crippen LogP contribution >= 0.6 is 0 Å². The maximum atomic E-state index is 12.1. The van der Waals surface area contributed by atoms with Crippen molar-refractivity contribution < 1.29 is 15.3 Å². The highest BCUT2D eigenvalue weighted by molar-refractivity contribution is 5.63. The molecule has 0 bridgehead atoms. The summed E-state index contributed by atoms with van der Waals surface area (Å²) in [5.41, 5.74) is 14.2. The number of benzene rings is 4. The fourth-order valence-electron chi connectivity index (χ4n) is 7.55. The Labute approximate surface area is 340 Å². The predicted octanol–water partition coefficient (Wildman–Crippen LogP) is 12.6. The second-order valence-corrected chi connectivity index (χ2v) is 22.5. The molecule has 0 saturated carbocycles. The third-order valence-corrected chi connectivity index (χ3v) is 11.4. The van der Waals surface area contributed by atoms with Crippen LogP contribution in [0.1, 0.15) is 191 Å². The van der Waals surface area contributed by atoms with Crippen LogP contribution in [-0.2, 0) is 51.8 Å². The molecule has 0 aliphatic heterocycles. The topological polar surface area (TPSA) is 98.7 Å². The molecule has 0 saturated heterocycles. The molecule has 0 spiro atoms. The van der Waals surface area contributed by atoms with Crippen LogP contribution in [-0.4, -0.2) is 15.3 Å². The van der Waals surface area contributed by atoms with Gasteiger partial charge in [0, 0.05) is 19.3 Å². The maximum absolute atomic E-state index is 12.1. The van der Waals surface area contributed by atoms with E-state index < -0.39 is 0 Å². The van der Waals surface area contributed by atoms with Gasteiger partial charge < -0.3 is 20.7 Å². The summed E-state index contributed by atoms with van der Waals surface area (Å²) in [4.78, 5) is 0. The Balaban J connectivity index is 2.14. The van der Waals surface area contributed by atoms with Crippen molar-refractivity contribution in [1.29, 1.82) is 0 Å². The highest BCUT2D eigenvalue weighted by atomic mass is 16.3. The summed E-state index contributed by atoms with van der Waals surface area (Å²) in [5.74, 6) is 7.27. The monoisotopic (exact) mass is 763 g/mol. The number of phenols is 3. The number of nitrogens with two attached hydrogens (primary N) is 1. The lowest BCUT2D eigenvalue weighted by Crippen LogP contribution is -2.19. The van der Waals surface area contributed by atoms with Crippen molar-refractivity contribution in [3.63, 3.8) is 0 Å². The Morgan fingerprint density at radius 3 is 0.982 bits per heavy atom. The van der Waals surface area contributed by atoms with Crippen LogP contribution in [0, 0.1) is 0 Å². The van der Waals surface area contributed by atoms with E-state index in [9.17, 15) is 15.3 Å². The number of nitrogens with one attached hydrogen (secondary N) is 1. The Kier molecular flexibility index (Phi) is 12.1. The van der Waals surface area contributed by atoms with Crippen molar-refractivity contribution in [3.05, 3.63) is 115 Å². The molecule has 4 rings (SSSR count). The quantitative estimate of drug-likeness (QED) is 0.0954. The zero-order chi connectivity index (χ0) is 42.7. The Hall–Kier alpha value is -3.96. The van der Waals surface area contributed by atoms with Gasteiger partial charge in [0.15, 0.2) is 0 Å². The summed E-state index contributed by atoms with van der Waals surface area (Å²) in [6.07, 6.45) is 1.31. The molecule has 0 heterocycles. The van der Waals surface area contributed by atoms with Gasteiger partial charge in [0.05, 0.1) is 5.69 Å². The Morgan fingerprint density at radius 2 is 0.696 bits per heavy atom. The molecule has 0 atom stereocenters. The van der Waals surface area contributed by atoms with E-state index in [2.05, 4.69) is 173 Å². The number of nitrogen functional groups attached to an aromatic ring is 1. The molecule has 0 radical (unpaired) electrons. The molecule has 0 aliphatic rings. The molecule has 0 unspecified atom stereocenters. The number of aromatic hydroxyl groups is 3. The second-order valence-electron chi connectivity index (χ2n) is 22.5. The van der Waals surface area contributed by atoms with Crippen LogP contribution < -0.4 is 11.3 Å². The van der Waals surface area contributed by atoms with Gasteiger partial charge in [-0.05, 0) is 105 Å². The first kappa shape index (κ1) is 44.8. The minimum atomic E-state index is -0.294. The standard InChI is InChI=1S/C51H74N2O3/c1-46(2,3)34-22-31(43(54)39(27-34)49(10,11)12)21-30-19-20-42(53-52)38(26-33-24-36(48(7,8)9)29-41(45(33)56)51(16,17)18)37(30)25-32-23-35(47(4,5)6)28-40(44(32)55)50(13,14)15/h19-20,22-24,27-29,53-56H,21,25-26,52H2,1-18H3. The van der Waals surface area contributed by atoms with Crippen molar-refractivity contribution in [2.45, 2.75) is 176 Å². The smallest absolute Gasteiger partial charge is 0.122 e. The lowest BCUT2D eigenvalue weighted by Gasteiger charge is -2.29. The summed E-state index contributed by atoms with van der Waals surface area (Å²) in [7, 11) is 0. The van der Waals surface area contributed by atoms with E-state index in [0.29, 0.717) is 36.5 Å². The zero-order valence-corrected chi connectivity index (χ0v) is 38.2. The lowest BCUT2D eigenvalue weighted by molar-refractivity contribution is 0.437. The normalized spacial score (nSPS) is 13.3. The van der Waals surface area contributed by atoms with E-state index in [-0.39, 0.29) is 32.5 Å². The first-order valence-electron chi connectivity index (χ1n) is 20.5.